The summed E-state index contributed by atoms with van der Waals surface area (Å²) < 4.78 is 7.20. The van der Waals surface area contributed by atoms with Gasteiger partial charge in [0.1, 0.15) is 0 Å². The quantitative estimate of drug-likeness (QED) is 0.888. The highest BCUT2D eigenvalue weighted by molar-refractivity contribution is 6.05. The van der Waals surface area contributed by atoms with Crippen LogP contribution in [0.4, 0.5) is 0 Å². The first-order valence-corrected chi connectivity index (χ1v) is 7.07. The topological polar surface area (TPSA) is 67.6 Å². The zero-order valence-electron chi connectivity index (χ0n) is 12.2. The molecule has 2 heterocycles. The number of carbonyl (C=O) groups is 1. The maximum absolute atomic E-state index is 12.8. The number of amides is 1. The van der Waals surface area contributed by atoms with Crippen LogP contribution in [0.1, 0.15) is 17.4 Å². The van der Waals surface area contributed by atoms with Gasteiger partial charge >= 0.3 is 0 Å². The number of ether oxygens (including phenoxy) is 1. The second-order valence-corrected chi connectivity index (χ2v) is 5.43. The lowest BCUT2D eigenvalue weighted by molar-refractivity contribution is -0.0668. The van der Waals surface area contributed by atoms with Crippen LogP contribution in [0.3, 0.4) is 0 Å². The molecule has 6 nitrogen and oxygen atoms in total. The van der Waals surface area contributed by atoms with E-state index in [1.54, 1.807) is 9.58 Å². The SMILES string of the molecule is CC1COC(CO)CN1C(=O)c1nn(C)c2ccccc12. The van der Waals surface area contributed by atoms with Crippen LogP contribution in [0.15, 0.2) is 24.3 Å². The van der Waals surface area contributed by atoms with Crippen molar-refractivity contribution in [3.8, 4) is 0 Å². The van der Waals surface area contributed by atoms with Gasteiger partial charge in [-0.2, -0.15) is 5.10 Å². The fourth-order valence-electron chi connectivity index (χ4n) is 2.72. The fraction of sp³-hybridized carbons (Fsp3) is 0.467. The summed E-state index contributed by atoms with van der Waals surface area (Å²) in [5.74, 6) is -0.110. The molecule has 1 aliphatic rings. The van der Waals surface area contributed by atoms with Gasteiger partial charge in [0.25, 0.3) is 5.91 Å². The van der Waals surface area contributed by atoms with Crippen molar-refractivity contribution in [2.24, 2.45) is 7.05 Å². The number of aliphatic hydroxyl groups excluding tert-OH is 1. The maximum atomic E-state index is 12.8. The van der Waals surface area contributed by atoms with Gasteiger partial charge < -0.3 is 14.7 Å². The summed E-state index contributed by atoms with van der Waals surface area (Å²) >= 11 is 0. The van der Waals surface area contributed by atoms with E-state index in [1.165, 1.54) is 0 Å². The molecule has 1 aromatic heterocycles. The van der Waals surface area contributed by atoms with Gasteiger partial charge in [-0.15, -0.1) is 0 Å². The first-order chi connectivity index (χ1) is 10.1. The number of fused-ring (bicyclic) bond motifs is 1. The van der Waals surface area contributed by atoms with Gasteiger partial charge in [0.05, 0.1) is 30.9 Å². The van der Waals surface area contributed by atoms with E-state index >= 15 is 0 Å². The second kappa shape index (κ2) is 5.46. The zero-order chi connectivity index (χ0) is 15.0. The summed E-state index contributed by atoms with van der Waals surface area (Å²) in [6, 6.07) is 7.65. The van der Waals surface area contributed by atoms with Crippen LogP contribution in [0, 0.1) is 0 Å². The zero-order valence-corrected chi connectivity index (χ0v) is 12.2. The van der Waals surface area contributed by atoms with Crippen molar-refractivity contribution in [1.29, 1.82) is 0 Å². The van der Waals surface area contributed by atoms with Crippen molar-refractivity contribution < 1.29 is 14.6 Å². The number of benzene rings is 1. The predicted molar refractivity (Wildman–Crippen MR) is 78.0 cm³/mol. The van der Waals surface area contributed by atoms with Crippen LogP contribution in [-0.4, -0.2) is 57.6 Å². The number of rotatable bonds is 2. The first kappa shape index (κ1) is 14.0. The molecular weight excluding hydrogens is 270 g/mol. The van der Waals surface area contributed by atoms with Gasteiger partial charge in [-0.1, -0.05) is 18.2 Å². The average molecular weight is 289 g/mol. The molecule has 1 aromatic carbocycles. The molecule has 1 aliphatic heterocycles. The van der Waals surface area contributed by atoms with Crippen LogP contribution in [-0.2, 0) is 11.8 Å². The average Bonchev–Trinajstić information content (AvgIpc) is 2.85. The number of nitrogens with zero attached hydrogens (tertiary/aromatic N) is 3. The van der Waals surface area contributed by atoms with Gasteiger partial charge in [-0.25, -0.2) is 0 Å². The molecule has 0 saturated carbocycles. The van der Waals surface area contributed by atoms with Crippen LogP contribution < -0.4 is 0 Å². The predicted octanol–water partition coefficient (Wildman–Crippen LogP) is 0.795. The van der Waals surface area contributed by atoms with Gasteiger partial charge in [0, 0.05) is 19.0 Å². The molecule has 1 N–H and O–H groups in total. The Kier molecular flexibility index (Phi) is 3.65. The Morgan fingerprint density at radius 1 is 1.48 bits per heavy atom. The molecule has 0 aliphatic carbocycles. The molecule has 3 rings (SSSR count). The van der Waals surface area contributed by atoms with Crippen molar-refractivity contribution in [3.05, 3.63) is 30.0 Å². The highest BCUT2D eigenvalue weighted by Gasteiger charge is 2.32. The summed E-state index contributed by atoms with van der Waals surface area (Å²) in [4.78, 5) is 14.5. The van der Waals surface area contributed by atoms with E-state index in [-0.39, 0.29) is 24.7 Å². The number of para-hydroxylation sites is 1. The Bertz CT molecular complexity index is 667. The number of hydrogen-bond acceptors (Lipinski definition) is 4. The van der Waals surface area contributed by atoms with E-state index in [1.807, 2.05) is 38.2 Å². The monoisotopic (exact) mass is 289 g/mol. The van der Waals surface area contributed by atoms with E-state index in [2.05, 4.69) is 5.10 Å². The Labute approximate surface area is 122 Å². The normalized spacial score (nSPS) is 22.7. The first-order valence-electron chi connectivity index (χ1n) is 7.07. The molecular formula is C15H19N3O3. The molecule has 1 amide bonds. The third-order valence-electron chi connectivity index (χ3n) is 3.93. The van der Waals surface area contributed by atoms with Gasteiger partial charge in [0.15, 0.2) is 5.69 Å². The number of aliphatic hydroxyl groups is 1. The summed E-state index contributed by atoms with van der Waals surface area (Å²) in [5.41, 5.74) is 1.39. The van der Waals surface area contributed by atoms with Gasteiger partial charge in [-0.05, 0) is 13.0 Å². The summed E-state index contributed by atoms with van der Waals surface area (Å²) in [5, 5.41) is 14.5. The Morgan fingerprint density at radius 2 is 2.24 bits per heavy atom. The largest absolute Gasteiger partial charge is 0.394 e. The molecule has 1 fully saturated rings. The molecule has 0 radical (unpaired) electrons. The Morgan fingerprint density at radius 3 is 3.00 bits per heavy atom. The van der Waals surface area contributed by atoms with Gasteiger partial charge in [0.2, 0.25) is 0 Å². The molecule has 21 heavy (non-hydrogen) atoms. The minimum atomic E-state index is -0.319. The van der Waals surface area contributed by atoms with Crippen molar-refractivity contribution in [2.45, 2.75) is 19.1 Å². The van der Waals surface area contributed by atoms with Crippen molar-refractivity contribution >= 4 is 16.8 Å². The minimum Gasteiger partial charge on any atom is -0.394 e. The van der Waals surface area contributed by atoms with E-state index in [0.717, 1.165) is 10.9 Å². The number of hydrogen-bond donors (Lipinski definition) is 1. The lowest BCUT2D eigenvalue weighted by atomic mass is 10.1. The molecule has 0 bridgehead atoms. The fourth-order valence-corrected chi connectivity index (χ4v) is 2.72. The summed E-state index contributed by atoms with van der Waals surface area (Å²) in [7, 11) is 1.83. The van der Waals surface area contributed by atoms with E-state index in [9.17, 15) is 9.90 Å². The van der Waals surface area contributed by atoms with Crippen molar-refractivity contribution in [1.82, 2.24) is 14.7 Å². The van der Waals surface area contributed by atoms with Gasteiger partial charge in [-0.3, -0.25) is 9.48 Å². The van der Waals surface area contributed by atoms with Crippen LogP contribution in [0.25, 0.3) is 10.9 Å². The van der Waals surface area contributed by atoms with Crippen molar-refractivity contribution in [2.75, 3.05) is 19.8 Å². The molecule has 112 valence electrons. The van der Waals surface area contributed by atoms with E-state index in [4.69, 9.17) is 4.74 Å². The molecule has 6 heteroatoms. The Hall–Kier alpha value is -1.92. The van der Waals surface area contributed by atoms with Crippen LogP contribution in [0.5, 0.6) is 0 Å². The highest BCUT2D eigenvalue weighted by Crippen LogP contribution is 2.21. The molecule has 2 unspecified atom stereocenters. The Balaban J connectivity index is 1.96. The number of aryl methyl sites for hydroxylation is 1. The second-order valence-electron chi connectivity index (χ2n) is 5.43. The molecule has 2 aromatic rings. The third kappa shape index (κ3) is 2.41. The lowest BCUT2D eigenvalue weighted by Gasteiger charge is -2.37. The van der Waals surface area contributed by atoms with Crippen LogP contribution in [0.2, 0.25) is 0 Å². The van der Waals surface area contributed by atoms with E-state index < -0.39 is 0 Å². The summed E-state index contributed by atoms with van der Waals surface area (Å²) in [6.45, 7) is 2.68. The van der Waals surface area contributed by atoms with Crippen molar-refractivity contribution in [3.63, 3.8) is 0 Å². The minimum absolute atomic E-state index is 0.0268. The molecule has 2 atom stereocenters. The third-order valence-corrected chi connectivity index (χ3v) is 3.93. The number of aromatic nitrogens is 2. The maximum Gasteiger partial charge on any atom is 0.275 e. The highest BCUT2D eigenvalue weighted by atomic mass is 16.5. The number of carbonyl (C=O) groups excluding carboxylic acids is 1. The molecule has 0 spiro atoms. The van der Waals surface area contributed by atoms with E-state index in [0.29, 0.717) is 18.8 Å². The summed E-state index contributed by atoms with van der Waals surface area (Å²) in [6.07, 6.45) is -0.319. The smallest absolute Gasteiger partial charge is 0.275 e. The van der Waals surface area contributed by atoms with Crippen LogP contribution >= 0.6 is 0 Å². The lowest BCUT2D eigenvalue weighted by Crippen LogP contribution is -2.52. The molecule has 1 saturated heterocycles. The standard InChI is InChI=1S/C15H19N3O3/c1-10-9-21-11(8-19)7-18(10)15(20)14-12-5-3-4-6-13(12)17(2)16-14/h3-6,10-11,19H,7-9H2,1-2H3. The number of morpholine rings is 1.